The van der Waals surface area contributed by atoms with Crippen molar-refractivity contribution < 1.29 is 0 Å². The van der Waals surface area contributed by atoms with E-state index in [0.717, 1.165) is 22.5 Å². The fourth-order valence-corrected chi connectivity index (χ4v) is 8.85. The zero-order valence-electron chi connectivity index (χ0n) is 25.8. The highest BCUT2D eigenvalue weighted by Crippen LogP contribution is 2.55. The first-order valence-electron chi connectivity index (χ1n) is 16.2. The van der Waals surface area contributed by atoms with E-state index in [-0.39, 0.29) is 0 Å². The number of nitrogens with zero attached hydrogens (tertiary/aromatic N) is 3. The van der Waals surface area contributed by atoms with Gasteiger partial charge in [-0.1, -0.05) is 146 Å². The van der Waals surface area contributed by atoms with Crippen LogP contribution in [0.2, 0.25) is 0 Å². The van der Waals surface area contributed by atoms with Gasteiger partial charge in [-0.05, 0) is 56.8 Å². The molecule has 0 aliphatic heterocycles. The van der Waals surface area contributed by atoms with Gasteiger partial charge in [0.15, 0.2) is 17.5 Å². The summed E-state index contributed by atoms with van der Waals surface area (Å²) in [7, 11) is 0. The minimum atomic E-state index is -0.771. The summed E-state index contributed by atoms with van der Waals surface area (Å²) in [6.07, 6.45) is 0. The van der Waals surface area contributed by atoms with Crippen molar-refractivity contribution in [1.82, 2.24) is 15.0 Å². The van der Waals surface area contributed by atoms with Crippen molar-refractivity contribution in [3.05, 3.63) is 186 Å². The third-order valence-corrected chi connectivity index (χ3v) is 11.0. The Morgan fingerprint density at radius 1 is 0.438 bits per heavy atom. The second-order valence-corrected chi connectivity index (χ2v) is 13.4. The van der Waals surface area contributed by atoms with E-state index in [1.54, 1.807) is 11.3 Å². The van der Waals surface area contributed by atoms with Crippen molar-refractivity contribution in [3.63, 3.8) is 0 Å². The lowest BCUT2D eigenvalue weighted by molar-refractivity contribution is 0.693. The third-order valence-electron chi connectivity index (χ3n) is 9.78. The molecule has 0 amide bonds. The van der Waals surface area contributed by atoms with Crippen molar-refractivity contribution in [3.8, 4) is 33.9 Å². The Morgan fingerprint density at radius 2 is 1.06 bits per heavy atom. The molecule has 0 saturated carbocycles. The van der Waals surface area contributed by atoms with Gasteiger partial charge in [0.2, 0.25) is 0 Å². The van der Waals surface area contributed by atoms with Crippen LogP contribution in [0.4, 0.5) is 0 Å². The first-order chi connectivity index (χ1) is 23.8. The second kappa shape index (κ2) is 10.5. The molecule has 0 saturated heterocycles. The van der Waals surface area contributed by atoms with Gasteiger partial charge in [0.1, 0.15) is 5.41 Å². The van der Waals surface area contributed by atoms with Gasteiger partial charge in [-0.2, -0.15) is 0 Å². The lowest BCUT2D eigenvalue weighted by Gasteiger charge is -2.32. The fourth-order valence-electron chi connectivity index (χ4n) is 7.64. The molecule has 0 radical (unpaired) electrons. The summed E-state index contributed by atoms with van der Waals surface area (Å²) < 4.78 is 2.44. The maximum atomic E-state index is 5.54. The van der Waals surface area contributed by atoms with Crippen LogP contribution in [-0.4, -0.2) is 15.0 Å². The topological polar surface area (TPSA) is 38.7 Å². The number of hydrogen-bond acceptors (Lipinski definition) is 4. The van der Waals surface area contributed by atoms with Crippen LogP contribution in [0.5, 0.6) is 0 Å². The highest BCUT2D eigenvalue weighted by Gasteiger charge is 2.49. The number of rotatable bonds is 4. The predicted octanol–water partition coefficient (Wildman–Crippen LogP) is 11.1. The monoisotopic (exact) mass is 629 g/mol. The summed E-state index contributed by atoms with van der Waals surface area (Å²) in [5.74, 6) is 2.06. The summed E-state index contributed by atoms with van der Waals surface area (Å²) in [6.45, 7) is 0. The highest BCUT2D eigenvalue weighted by molar-refractivity contribution is 7.26. The molecule has 1 aliphatic carbocycles. The molecular weight excluding hydrogens is 603 g/mol. The molecule has 4 heteroatoms. The van der Waals surface area contributed by atoms with Crippen molar-refractivity contribution >= 4 is 42.3 Å². The number of benzene rings is 7. The molecule has 0 atom stereocenters. The predicted molar refractivity (Wildman–Crippen MR) is 198 cm³/mol. The van der Waals surface area contributed by atoms with E-state index in [0.29, 0.717) is 11.6 Å². The second-order valence-electron chi connectivity index (χ2n) is 12.4. The van der Waals surface area contributed by atoms with Crippen molar-refractivity contribution in [2.24, 2.45) is 0 Å². The maximum absolute atomic E-state index is 5.54. The van der Waals surface area contributed by atoms with Crippen LogP contribution in [0.1, 0.15) is 22.5 Å². The van der Waals surface area contributed by atoms with E-state index in [2.05, 4.69) is 146 Å². The van der Waals surface area contributed by atoms with Gasteiger partial charge in [0.25, 0.3) is 0 Å². The van der Waals surface area contributed by atoms with Gasteiger partial charge < -0.3 is 0 Å². The molecule has 0 unspecified atom stereocenters. The van der Waals surface area contributed by atoms with Crippen LogP contribution < -0.4 is 0 Å². The maximum Gasteiger partial charge on any atom is 0.165 e. The average molecular weight is 630 g/mol. The van der Waals surface area contributed by atoms with Crippen molar-refractivity contribution in [2.75, 3.05) is 0 Å². The van der Waals surface area contributed by atoms with Crippen LogP contribution in [0.15, 0.2) is 164 Å². The summed E-state index contributed by atoms with van der Waals surface area (Å²) in [5, 5.41) is 4.86. The summed E-state index contributed by atoms with van der Waals surface area (Å²) in [5.41, 5.74) is 7.10. The molecule has 2 aromatic heterocycles. The molecule has 2 heterocycles. The SMILES string of the molecule is c1ccc(-c2nc(-c3cccc4c3sc3ccccc34)nc(C3(c4ccc5ccccc5c4)c4ccccc4-c4ccccc43)n2)cc1. The molecular formula is C44H27N3S. The van der Waals surface area contributed by atoms with Crippen molar-refractivity contribution in [2.45, 2.75) is 5.41 Å². The number of thiophene rings is 1. The molecule has 48 heavy (non-hydrogen) atoms. The molecule has 0 spiro atoms. The first kappa shape index (κ1) is 27.2. The van der Waals surface area contributed by atoms with Gasteiger partial charge >= 0.3 is 0 Å². The van der Waals surface area contributed by atoms with Crippen molar-refractivity contribution in [1.29, 1.82) is 0 Å². The quantitative estimate of drug-likeness (QED) is 0.194. The van der Waals surface area contributed by atoms with E-state index in [1.807, 2.05) is 18.2 Å². The standard InChI is InChI=1S/C44H27N3S/c1-2-14-29(15-3-1)41-45-42(36-21-12-20-35-34-19-8-11-24-39(34)48-40(35)36)47-43(46-41)44(31-26-25-28-13-4-5-16-30(28)27-31)37-22-9-6-17-32(37)33-18-7-10-23-38(33)44/h1-27H. The van der Waals surface area contributed by atoms with E-state index in [9.17, 15) is 0 Å². The molecule has 0 fully saturated rings. The van der Waals surface area contributed by atoms with E-state index in [1.165, 1.54) is 53.2 Å². The molecule has 224 valence electrons. The lowest BCUT2D eigenvalue weighted by atomic mass is 9.71. The summed E-state index contributed by atoms with van der Waals surface area (Å²) in [6, 6.07) is 58.3. The molecule has 10 rings (SSSR count). The Hall–Kier alpha value is -5.97. The Kier molecular flexibility index (Phi) is 5.96. The lowest BCUT2D eigenvalue weighted by Crippen LogP contribution is -2.31. The minimum Gasteiger partial charge on any atom is -0.211 e. The van der Waals surface area contributed by atoms with Gasteiger partial charge in [-0.15, -0.1) is 11.3 Å². The fraction of sp³-hybridized carbons (Fsp3) is 0.0227. The Morgan fingerprint density at radius 3 is 1.88 bits per heavy atom. The largest absolute Gasteiger partial charge is 0.211 e. The van der Waals surface area contributed by atoms with Gasteiger partial charge in [-0.3, -0.25) is 0 Å². The van der Waals surface area contributed by atoms with Crippen LogP contribution in [0.3, 0.4) is 0 Å². The molecule has 0 bridgehead atoms. The molecule has 7 aromatic carbocycles. The first-order valence-corrected chi connectivity index (χ1v) is 17.0. The smallest absolute Gasteiger partial charge is 0.165 e. The zero-order chi connectivity index (χ0) is 31.7. The highest BCUT2D eigenvalue weighted by atomic mass is 32.1. The average Bonchev–Trinajstić information content (AvgIpc) is 3.69. The summed E-state index contributed by atoms with van der Waals surface area (Å²) >= 11 is 1.80. The van der Waals surface area contributed by atoms with Crippen LogP contribution in [0, 0.1) is 0 Å². The van der Waals surface area contributed by atoms with Crippen LogP contribution >= 0.6 is 11.3 Å². The van der Waals surface area contributed by atoms with Crippen LogP contribution in [0.25, 0.3) is 64.8 Å². The molecule has 1 aliphatic rings. The summed E-state index contributed by atoms with van der Waals surface area (Å²) in [4.78, 5) is 16.2. The van der Waals surface area contributed by atoms with Gasteiger partial charge in [0.05, 0.1) is 0 Å². The van der Waals surface area contributed by atoms with E-state index >= 15 is 0 Å². The minimum absolute atomic E-state index is 0.663. The Balaban J connectivity index is 1.35. The van der Waals surface area contributed by atoms with Gasteiger partial charge in [0, 0.05) is 31.3 Å². The normalized spacial score (nSPS) is 13.2. The Bertz CT molecular complexity index is 2650. The molecule has 0 N–H and O–H groups in total. The third kappa shape index (κ3) is 3.90. The van der Waals surface area contributed by atoms with E-state index < -0.39 is 5.41 Å². The van der Waals surface area contributed by atoms with E-state index in [4.69, 9.17) is 15.0 Å². The zero-order valence-corrected chi connectivity index (χ0v) is 26.7. The number of aromatic nitrogens is 3. The van der Waals surface area contributed by atoms with Crippen LogP contribution in [-0.2, 0) is 5.41 Å². The molecule has 9 aromatic rings. The van der Waals surface area contributed by atoms with Gasteiger partial charge in [-0.25, -0.2) is 15.0 Å². The number of fused-ring (bicyclic) bond motifs is 7. The Labute approximate surface area is 281 Å². The number of hydrogen-bond donors (Lipinski definition) is 0. The molecule has 3 nitrogen and oxygen atoms in total.